The number of anilines is 1. The molecule has 2 N–H and O–H groups in total. The van der Waals surface area contributed by atoms with Crippen LogP contribution in [0.1, 0.15) is 61.0 Å². The number of rotatable bonds is 7. The molecule has 1 aliphatic heterocycles. The summed E-state index contributed by atoms with van der Waals surface area (Å²) < 4.78 is 9.34. The Morgan fingerprint density at radius 3 is 2.59 bits per heavy atom. The number of hydrogen-bond acceptors (Lipinski definition) is 6. The van der Waals surface area contributed by atoms with Crippen molar-refractivity contribution in [3.8, 4) is 5.75 Å². The van der Waals surface area contributed by atoms with Crippen molar-refractivity contribution in [3.63, 3.8) is 0 Å². The molecule has 1 amide bonds. The first-order chi connectivity index (χ1) is 18.1. The number of nitrogens with one attached hydrogen (secondary N) is 2. The summed E-state index contributed by atoms with van der Waals surface area (Å²) in [5.74, 6) is 0.876. The van der Waals surface area contributed by atoms with Crippen LogP contribution in [0.25, 0.3) is 10.9 Å². The summed E-state index contributed by atoms with van der Waals surface area (Å²) in [4.78, 5) is 28.5. The van der Waals surface area contributed by atoms with E-state index in [0.29, 0.717) is 17.5 Å². The zero-order chi connectivity index (χ0) is 25.4. The van der Waals surface area contributed by atoms with Gasteiger partial charge in [-0.1, -0.05) is 0 Å². The number of methoxy groups -OCH3 is 1. The second-order valence-corrected chi connectivity index (χ2v) is 10.8. The monoisotopic (exact) mass is 504 g/mol. The quantitative estimate of drug-likeness (QED) is 0.512. The van der Waals surface area contributed by atoms with Gasteiger partial charge in [-0.15, -0.1) is 0 Å². The van der Waals surface area contributed by atoms with E-state index in [1.54, 1.807) is 30.0 Å². The van der Waals surface area contributed by atoms with Gasteiger partial charge in [-0.25, -0.2) is 0 Å². The molecular weight excluding hydrogens is 468 g/mol. The van der Waals surface area contributed by atoms with Gasteiger partial charge in [0.2, 0.25) is 0 Å². The normalized spacial score (nSPS) is 22.7. The Morgan fingerprint density at radius 2 is 1.86 bits per heavy atom. The molecule has 2 aliphatic carbocycles. The summed E-state index contributed by atoms with van der Waals surface area (Å²) in [6.45, 7) is 5.73. The Morgan fingerprint density at radius 1 is 1.11 bits per heavy atom. The second-order valence-electron chi connectivity index (χ2n) is 10.8. The van der Waals surface area contributed by atoms with Crippen LogP contribution in [0.15, 0.2) is 41.5 Å². The lowest BCUT2D eigenvalue weighted by molar-refractivity contribution is 0.102. The number of nitrogens with zero attached hydrogens (tertiary/aromatic N) is 4. The summed E-state index contributed by atoms with van der Waals surface area (Å²) in [6.07, 6.45) is 10.5. The molecule has 0 radical (unpaired) electrons. The van der Waals surface area contributed by atoms with Crippen molar-refractivity contribution in [1.29, 1.82) is 0 Å². The van der Waals surface area contributed by atoms with Gasteiger partial charge in [-0.05, 0) is 62.6 Å². The lowest BCUT2D eigenvalue weighted by Crippen LogP contribution is -2.45. The minimum Gasteiger partial charge on any atom is -0.494 e. The molecule has 3 aromatic rings. The number of fused-ring (bicyclic) bond motifs is 1. The van der Waals surface area contributed by atoms with Crippen LogP contribution in [-0.2, 0) is 0 Å². The van der Waals surface area contributed by atoms with E-state index in [-0.39, 0.29) is 17.2 Å². The predicted molar refractivity (Wildman–Crippen MR) is 144 cm³/mol. The fourth-order valence-electron chi connectivity index (χ4n) is 5.89. The molecule has 2 saturated carbocycles. The molecule has 37 heavy (non-hydrogen) atoms. The largest absolute Gasteiger partial charge is 0.494 e. The van der Waals surface area contributed by atoms with Gasteiger partial charge in [0.25, 0.3) is 11.5 Å². The summed E-state index contributed by atoms with van der Waals surface area (Å²) in [6, 6.07) is 7.71. The fraction of sp³-hybridized carbons (Fsp3) is 0.536. The van der Waals surface area contributed by atoms with Crippen LogP contribution in [-0.4, -0.2) is 65.0 Å². The van der Waals surface area contributed by atoms with E-state index in [2.05, 4.69) is 26.4 Å². The Hall–Kier alpha value is -3.17. The summed E-state index contributed by atoms with van der Waals surface area (Å²) in [7, 11) is 1.58. The van der Waals surface area contributed by atoms with Gasteiger partial charge in [0.05, 0.1) is 24.4 Å². The van der Waals surface area contributed by atoms with E-state index in [0.717, 1.165) is 68.7 Å². The van der Waals surface area contributed by atoms with Crippen LogP contribution in [0.2, 0.25) is 0 Å². The molecule has 9 nitrogen and oxygen atoms in total. The molecule has 0 bridgehead atoms. The third-order valence-electron chi connectivity index (χ3n) is 8.17. The average molecular weight is 505 g/mol. The standard InChI is InChI=1S/C28H36N6O3/c1-37-26-16-24-20(15-25(26)30-27(35)23-3-2-12-33(28(23)36)21-8-9-21)18-34(31-24)22-6-4-19(5-7-22)17-32-13-10-29-11-14-32/h2-3,12,15-16,18-19,21-22,29H,4-11,13-14,17H2,1H3,(H,30,35). The van der Waals surface area contributed by atoms with Crippen molar-refractivity contribution in [1.82, 2.24) is 24.6 Å². The molecule has 196 valence electrons. The molecule has 9 heteroatoms. The van der Waals surface area contributed by atoms with Gasteiger partial charge < -0.3 is 24.8 Å². The van der Waals surface area contributed by atoms with E-state index in [1.165, 1.54) is 19.4 Å². The Bertz CT molecular complexity index is 1330. The molecule has 3 fully saturated rings. The molecule has 0 spiro atoms. The highest BCUT2D eigenvalue weighted by Gasteiger charge is 2.27. The molecular formula is C28H36N6O3. The number of hydrogen-bond donors (Lipinski definition) is 2. The maximum Gasteiger partial charge on any atom is 0.263 e. The Balaban J connectivity index is 1.16. The van der Waals surface area contributed by atoms with Gasteiger partial charge in [-0.2, -0.15) is 5.10 Å². The van der Waals surface area contributed by atoms with E-state index in [1.807, 2.05) is 12.1 Å². The van der Waals surface area contributed by atoms with Crippen molar-refractivity contribution < 1.29 is 9.53 Å². The number of piperazine rings is 1. The van der Waals surface area contributed by atoms with Crippen LogP contribution in [0.3, 0.4) is 0 Å². The van der Waals surface area contributed by atoms with Crippen molar-refractivity contribution in [2.75, 3.05) is 45.2 Å². The smallest absolute Gasteiger partial charge is 0.263 e. The van der Waals surface area contributed by atoms with Gasteiger partial charge in [-0.3, -0.25) is 14.3 Å². The molecule has 1 saturated heterocycles. The van der Waals surface area contributed by atoms with Crippen molar-refractivity contribution in [3.05, 3.63) is 52.6 Å². The summed E-state index contributed by atoms with van der Waals surface area (Å²) >= 11 is 0. The third-order valence-corrected chi connectivity index (χ3v) is 8.17. The number of amides is 1. The average Bonchev–Trinajstić information content (AvgIpc) is 3.68. The van der Waals surface area contributed by atoms with E-state index in [9.17, 15) is 9.59 Å². The van der Waals surface area contributed by atoms with Gasteiger partial charge in [0.15, 0.2) is 0 Å². The number of carbonyl (C=O) groups is 1. The summed E-state index contributed by atoms with van der Waals surface area (Å²) in [5, 5.41) is 12.2. The van der Waals surface area contributed by atoms with E-state index < -0.39 is 5.91 Å². The minimum absolute atomic E-state index is 0.143. The molecule has 3 aliphatic rings. The molecule has 6 rings (SSSR count). The molecule has 3 heterocycles. The first kappa shape index (κ1) is 24.2. The summed E-state index contributed by atoms with van der Waals surface area (Å²) in [5.41, 5.74) is 1.28. The lowest BCUT2D eigenvalue weighted by Gasteiger charge is -2.34. The first-order valence-electron chi connectivity index (χ1n) is 13.6. The number of ether oxygens (including phenoxy) is 1. The highest BCUT2D eigenvalue weighted by Crippen LogP contribution is 2.36. The van der Waals surface area contributed by atoms with E-state index >= 15 is 0 Å². The Kier molecular flexibility index (Phi) is 6.73. The van der Waals surface area contributed by atoms with Crippen LogP contribution < -0.4 is 20.9 Å². The van der Waals surface area contributed by atoms with Gasteiger partial charge in [0, 0.05) is 62.6 Å². The van der Waals surface area contributed by atoms with Crippen LogP contribution >= 0.6 is 0 Å². The van der Waals surface area contributed by atoms with Crippen molar-refractivity contribution in [2.45, 2.75) is 50.6 Å². The van der Waals surface area contributed by atoms with Crippen LogP contribution in [0.4, 0.5) is 5.69 Å². The number of carbonyl (C=O) groups excluding carboxylic acids is 1. The zero-order valence-electron chi connectivity index (χ0n) is 21.5. The van der Waals surface area contributed by atoms with Gasteiger partial charge in [0.1, 0.15) is 11.3 Å². The van der Waals surface area contributed by atoms with Crippen LogP contribution in [0.5, 0.6) is 5.75 Å². The number of benzene rings is 1. The molecule has 0 unspecified atom stereocenters. The third kappa shape index (κ3) is 5.15. The number of aromatic nitrogens is 3. The fourth-order valence-corrected chi connectivity index (χ4v) is 5.89. The maximum absolute atomic E-state index is 13.1. The van der Waals surface area contributed by atoms with E-state index in [4.69, 9.17) is 9.84 Å². The van der Waals surface area contributed by atoms with Crippen molar-refractivity contribution >= 4 is 22.5 Å². The SMILES string of the molecule is COc1cc2nn(C3CCC(CN4CCNCC4)CC3)cc2cc1NC(=O)c1cccn(C2CC2)c1=O. The molecule has 0 atom stereocenters. The topological polar surface area (TPSA) is 93.4 Å². The highest BCUT2D eigenvalue weighted by atomic mass is 16.5. The lowest BCUT2D eigenvalue weighted by atomic mass is 9.85. The minimum atomic E-state index is -0.423. The molecule has 1 aromatic carbocycles. The molecule has 2 aromatic heterocycles. The Labute approximate surface area is 216 Å². The second kappa shape index (κ2) is 10.3. The number of pyridine rings is 1. The highest BCUT2D eigenvalue weighted by molar-refractivity contribution is 6.06. The predicted octanol–water partition coefficient (Wildman–Crippen LogP) is 3.43. The van der Waals surface area contributed by atoms with Gasteiger partial charge >= 0.3 is 0 Å². The maximum atomic E-state index is 13.1. The van der Waals surface area contributed by atoms with Crippen molar-refractivity contribution in [2.24, 2.45) is 5.92 Å². The zero-order valence-corrected chi connectivity index (χ0v) is 21.5. The first-order valence-corrected chi connectivity index (χ1v) is 13.6. The van der Waals surface area contributed by atoms with Crippen LogP contribution in [0, 0.1) is 5.92 Å².